The number of nitriles is 1. The zero-order valence-corrected chi connectivity index (χ0v) is 14.9. The normalized spacial score (nSPS) is 10.7. The van der Waals surface area contributed by atoms with Gasteiger partial charge in [-0.1, -0.05) is 36.2 Å². The quantitative estimate of drug-likeness (QED) is 0.733. The minimum Gasteiger partial charge on any atom is -0.313 e. The highest BCUT2D eigenvalue weighted by Crippen LogP contribution is 2.32. The zero-order valence-electron chi connectivity index (χ0n) is 12.6. The van der Waals surface area contributed by atoms with Gasteiger partial charge in [-0.2, -0.15) is 5.26 Å². The second kappa shape index (κ2) is 7.65. The van der Waals surface area contributed by atoms with E-state index in [9.17, 15) is 10.1 Å². The molecular formula is C17H14Cl2N2OS. The molecule has 0 aliphatic rings. The first-order valence-corrected chi connectivity index (χ1v) is 8.50. The minimum absolute atomic E-state index is 0.295. The van der Waals surface area contributed by atoms with E-state index >= 15 is 0 Å². The molecule has 118 valence electrons. The standard InChI is InChI=1S/C17H14Cl2N2OS/c1-3-12-10(2)23-17(13(12)9-20)21-16(22)7-5-11-4-6-14(18)15(19)8-11/h4-8H,3H2,1-2H3,(H,21,22). The van der Waals surface area contributed by atoms with E-state index in [-0.39, 0.29) is 5.91 Å². The SMILES string of the molecule is CCc1c(C)sc(NC(=O)C=Cc2ccc(Cl)c(Cl)c2)c1C#N. The van der Waals surface area contributed by atoms with Gasteiger partial charge in [0.25, 0.3) is 0 Å². The van der Waals surface area contributed by atoms with Crippen LogP contribution in [0.2, 0.25) is 10.0 Å². The first-order chi connectivity index (χ1) is 11.0. The number of amides is 1. The Balaban J connectivity index is 2.15. The van der Waals surface area contributed by atoms with Crippen LogP contribution in [0.5, 0.6) is 0 Å². The number of benzene rings is 1. The Hall–Kier alpha value is -1.80. The van der Waals surface area contributed by atoms with Crippen molar-refractivity contribution in [1.82, 2.24) is 0 Å². The molecule has 3 nitrogen and oxygen atoms in total. The largest absolute Gasteiger partial charge is 0.313 e. The maximum Gasteiger partial charge on any atom is 0.249 e. The third kappa shape index (κ3) is 4.14. The summed E-state index contributed by atoms with van der Waals surface area (Å²) in [6.45, 7) is 3.94. The number of halogens is 2. The Morgan fingerprint density at radius 3 is 2.74 bits per heavy atom. The molecule has 0 spiro atoms. The second-order valence-electron chi connectivity index (χ2n) is 4.80. The van der Waals surface area contributed by atoms with Crippen LogP contribution in [-0.2, 0) is 11.2 Å². The van der Waals surface area contributed by atoms with Crippen LogP contribution >= 0.6 is 34.5 Å². The topological polar surface area (TPSA) is 52.9 Å². The lowest BCUT2D eigenvalue weighted by atomic mass is 10.1. The number of carbonyl (C=O) groups is 1. The van der Waals surface area contributed by atoms with Gasteiger partial charge in [-0.25, -0.2) is 0 Å². The summed E-state index contributed by atoms with van der Waals surface area (Å²) in [5, 5.41) is 13.5. The number of nitrogens with zero attached hydrogens (tertiary/aromatic N) is 1. The van der Waals surface area contributed by atoms with Gasteiger partial charge in [0.1, 0.15) is 11.1 Å². The predicted molar refractivity (Wildman–Crippen MR) is 97.3 cm³/mol. The van der Waals surface area contributed by atoms with E-state index in [0.29, 0.717) is 20.6 Å². The number of rotatable bonds is 4. The average molecular weight is 365 g/mol. The first kappa shape index (κ1) is 17.6. The summed E-state index contributed by atoms with van der Waals surface area (Å²) in [5.41, 5.74) is 2.30. The van der Waals surface area contributed by atoms with Gasteiger partial charge < -0.3 is 5.32 Å². The summed E-state index contributed by atoms with van der Waals surface area (Å²) in [4.78, 5) is 13.1. The van der Waals surface area contributed by atoms with E-state index in [1.807, 2.05) is 13.8 Å². The molecule has 6 heteroatoms. The maximum absolute atomic E-state index is 12.1. The van der Waals surface area contributed by atoms with Gasteiger partial charge in [0.15, 0.2) is 0 Å². The van der Waals surface area contributed by atoms with E-state index in [1.54, 1.807) is 24.3 Å². The minimum atomic E-state index is -0.295. The number of anilines is 1. The predicted octanol–water partition coefficient (Wildman–Crippen LogP) is 5.45. The smallest absolute Gasteiger partial charge is 0.249 e. The van der Waals surface area contributed by atoms with Crippen molar-refractivity contribution in [3.8, 4) is 6.07 Å². The van der Waals surface area contributed by atoms with Crippen LogP contribution in [0.3, 0.4) is 0 Å². The van der Waals surface area contributed by atoms with Crippen LogP contribution in [0.15, 0.2) is 24.3 Å². The lowest BCUT2D eigenvalue weighted by molar-refractivity contribution is -0.111. The molecule has 0 unspecified atom stereocenters. The Kier molecular flexibility index (Phi) is 5.84. The fraction of sp³-hybridized carbons (Fsp3) is 0.176. The summed E-state index contributed by atoms with van der Waals surface area (Å²) >= 11 is 13.2. The van der Waals surface area contributed by atoms with Gasteiger partial charge >= 0.3 is 0 Å². The molecule has 23 heavy (non-hydrogen) atoms. The Bertz CT molecular complexity index is 819. The summed E-state index contributed by atoms with van der Waals surface area (Å²) in [7, 11) is 0. The van der Waals surface area contributed by atoms with Crippen molar-refractivity contribution in [2.45, 2.75) is 20.3 Å². The lowest BCUT2D eigenvalue weighted by Gasteiger charge is -2.00. The molecule has 0 atom stereocenters. The molecule has 0 saturated carbocycles. The second-order valence-corrected chi connectivity index (χ2v) is 6.84. The fourth-order valence-electron chi connectivity index (χ4n) is 2.15. The molecule has 0 radical (unpaired) electrons. The molecule has 1 amide bonds. The van der Waals surface area contributed by atoms with Crippen LogP contribution in [0.4, 0.5) is 5.00 Å². The number of hydrogen-bond donors (Lipinski definition) is 1. The van der Waals surface area contributed by atoms with Crippen LogP contribution in [-0.4, -0.2) is 5.91 Å². The third-order valence-corrected chi connectivity index (χ3v) is 5.08. The van der Waals surface area contributed by atoms with Crippen molar-refractivity contribution in [1.29, 1.82) is 5.26 Å². The zero-order chi connectivity index (χ0) is 17.0. The summed E-state index contributed by atoms with van der Waals surface area (Å²) < 4.78 is 0. The first-order valence-electron chi connectivity index (χ1n) is 6.92. The van der Waals surface area contributed by atoms with Gasteiger partial charge in [0.2, 0.25) is 5.91 Å². The van der Waals surface area contributed by atoms with Crippen molar-refractivity contribution in [2.24, 2.45) is 0 Å². The van der Waals surface area contributed by atoms with Gasteiger partial charge in [-0.05, 0) is 42.7 Å². The molecule has 2 rings (SSSR count). The van der Waals surface area contributed by atoms with Gasteiger partial charge in [-0.15, -0.1) is 11.3 Å². The average Bonchev–Trinajstić information content (AvgIpc) is 2.82. The van der Waals surface area contributed by atoms with Gasteiger partial charge in [0, 0.05) is 11.0 Å². The Labute approximate surface area is 149 Å². The summed E-state index contributed by atoms with van der Waals surface area (Å²) in [5.74, 6) is -0.295. The highest BCUT2D eigenvalue weighted by atomic mass is 35.5. The molecule has 0 aliphatic carbocycles. The van der Waals surface area contributed by atoms with Crippen molar-refractivity contribution < 1.29 is 4.79 Å². The highest BCUT2D eigenvalue weighted by Gasteiger charge is 2.15. The molecule has 1 N–H and O–H groups in total. The number of aryl methyl sites for hydroxylation is 1. The molecule has 0 saturated heterocycles. The molecule has 0 aliphatic heterocycles. The highest BCUT2D eigenvalue weighted by molar-refractivity contribution is 7.16. The molecule has 0 bridgehead atoms. The number of hydrogen-bond acceptors (Lipinski definition) is 3. The molecule has 2 aromatic rings. The van der Waals surface area contributed by atoms with Gasteiger partial charge in [0.05, 0.1) is 15.6 Å². The molecular weight excluding hydrogens is 351 g/mol. The Morgan fingerprint density at radius 2 is 2.13 bits per heavy atom. The molecule has 1 heterocycles. The van der Waals surface area contributed by atoms with E-state index in [4.69, 9.17) is 23.2 Å². The lowest BCUT2D eigenvalue weighted by Crippen LogP contribution is -2.07. The summed E-state index contributed by atoms with van der Waals surface area (Å²) in [6, 6.07) is 7.29. The van der Waals surface area contributed by atoms with Crippen LogP contribution < -0.4 is 5.32 Å². The molecule has 1 aromatic heterocycles. The molecule has 0 fully saturated rings. The van der Waals surface area contributed by atoms with Crippen LogP contribution in [0.1, 0.15) is 28.5 Å². The third-order valence-electron chi connectivity index (χ3n) is 3.28. The van der Waals surface area contributed by atoms with Crippen molar-refractivity contribution in [3.05, 3.63) is 55.9 Å². The van der Waals surface area contributed by atoms with E-state index in [2.05, 4.69) is 11.4 Å². The number of carbonyl (C=O) groups excluding carboxylic acids is 1. The van der Waals surface area contributed by atoms with Crippen LogP contribution in [0, 0.1) is 18.3 Å². The Morgan fingerprint density at radius 1 is 1.39 bits per heavy atom. The van der Waals surface area contributed by atoms with Crippen molar-refractivity contribution in [2.75, 3.05) is 5.32 Å². The summed E-state index contributed by atoms with van der Waals surface area (Å²) in [6.07, 6.45) is 3.81. The van der Waals surface area contributed by atoms with Gasteiger partial charge in [-0.3, -0.25) is 4.79 Å². The van der Waals surface area contributed by atoms with E-state index in [0.717, 1.165) is 22.4 Å². The van der Waals surface area contributed by atoms with E-state index in [1.165, 1.54) is 17.4 Å². The van der Waals surface area contributed by atoms with E-state index < -0.39 is 0 Å². The van der Waals surface area contributed by atoms with Crippen molar-refractivity contribution >= 4 is 51.5 Å². The van der Waals surface area contributed by atoms with Crippen molar-refractivity contribution in [3.63, 3.8) is 0 Å². The maximum atomic E-state index is 12.1. The number of thiophene rings is 1. The number of nitrogens with one attached hydrogen (secondary N) is 1. The van der Waals surface area contributed by atoms with Crippen LogP contribution in [0.25, 0.3) is 6.08 Å². The fourth-order valence-corrected chi connectivity index (χ4v) is 3.56. The molecule has 1 aromatic carbocycles. The monoisotopic (exact) mass is 364 g/mol.